The molecule has 1 aliphatic rings. The maximum atomic E-state index is 13.0. The molecule has 0 atom stereocenters. The molecule has 12 nitrogen and oxygen atoms in total. The summed E-state index contributed by atoms with van der Waals surface area (Å²) in [5.74, 6) is -3.81. The molecule has 0 aliphatic carbocycles. The first kappa shape index (κ1) is 37.9. The van der Waals surface area contributed by atoms with Crippen molar-refractivity contribution < 1.29 is 37.5 Å². The van der Waals surface area contributed by atoms with E-state index in [9.17, 15) is 27.6 Å². The van der Waals surface area contributed by atoms with Crippen LogP contribution in [0.25, 0.3) is 0 Å². The number of hydrogen-bond acceptors (Lipinski definition) is 7. The minimum absolute atomic E-state index is 0.0403. The number of aromatic nitrogens is 2. The van der Waals surface area contributed by atoms with Crippen LogP contribution in [0.3, 0.4) is 0 Å². The summed E-state index contributed by atoms with van der Waals surface area (Å²) in [5.41, 5.74) is 2.29. The van der Waals surface area contributed by atoms with E-state index in [2.05, 4.69) is 35.9 Å². The Morgan fingerprint density at radius 3 is 2.19 bits per heavy atom. The molecule has 0 bridgehead atoms. The van der Waals surface area contributed by atoms with Crippen molar-refractivity contribution in [2.24, 2.45) is 0 Å². The van der Waals surface area contributed by atoms with E-state index in [0.29, 0.717) is 0 Å². The highest BCUT2D eigenvalue weighted by atomic mass is 35.5. The third-order valence-corrected chi connectivity index (χ3v) is 7.52. The van der Waals surface area contributed by atoms with Crippen molar-refractivity contribution in [1.29, 1.82) is 0 Å². The van der Waals surface area contributed by atoms with Gasteiger partial charge < -0.3 is 30.9 Å². The monoisotopic (exact) mass is 711 g/mol. The van der Waals surface area contributed by atoms with Crippen LogP contribution >= 0.6 is 23.2 Å². The quantitative estimate of drug-likeness (QED) is 0.174. The molecular weight excluding hydrogens is 678 g/mol. The number of anilines is 3. The highest BCUT2D eigenvalue weighted by Crippen LogP contribution is 2.26. The number of carbonyl (C=O) groups excluding carboxylic acids is 3. The molecule has 17 heteroatoms. The van der Waals surface area contributed by atoms with E-state index in [0.717, 1.165) is 50.3 Å². The number of nitrogens with one attached hydrogen (secondary N) is 4. The standard InChI is InChI=1S/C29H33Cl2N7O3.C2HF3O2/c1-37(2)15-4-3-8-25(39)33-19-9-11-21(12-10-19)38-16-13-20(14-17-38)34-29(41)27-24(18-32-36-27)35-28(40)26-22(30)6-5-7-23(26)31;3-2(4,5)1(6)7/h3,5-12,18,20H,4,13-17H2,1-2H3,(H,32,36)(H,33,39)(H,34,41)(H,35,40);(H,6,7)/b8-3+;. The summed E-state index contributed by atoms with van der Waals surface area (Å²) in [6, 6.07) is 12.5. The molecule has 0 radical (unpaired) electrons. The van der Waals surface area contributed by atoms with E-state index < -0.39 is 18.1 Å². The molecule has 0 unspecified atom stereocenters. The van der Waals surface area contributed by atoms with Crippen LogP contribution in [-0.2, 0) is 9.59 Å². The van der Waals surface area contributed by atoms with Crippen molar-refractivity contribution >= 4 is 64.0 Å². The maximum Gasteiger partial charge on any atom is 0.490 e. The summed E-state index contributed by atoms with van der Waals surface area (Å²) in [7, 11) is 3.99. The largest absolute Gasteiger partial charge is 0.490 e. The fourth-order valence-electron chi connectivity index (χ4n) is 4.46. The number of hydrogen-bond donors (Lipinski definition) is 5. The van der Waals surface area contributed by atoms with Crippen molar-refractivity contribution in [2.45, 2.75) is 31.5 Å². The average molecular weight is 713 g/mol. The van der Waals surface area contributed by atoms with Gasteiger partial charge in [-0.05, 0) is 75.8 Å². The van der Waals surface area contributed by atoms with Gasteiger partial charge in [-0.2, -0.15) is 18.3 Å². The maximum absolute atomic E-state index is 13.0. The number of halogens is 5. The van der Waals surface area contributed by atoms with E-state index in [4.69, 9.17) is 33.1 Å². The fourth-order valence-corrected chi connectivity index (χ4v) is 5.02. The highest BCUT2D eigenvalue weighted by Gasteiger charge is 2.38. The number of nitrogens with zero attached hydrogens (tertiary/aromatic N) is 3. The van der Waals surface area contributed by atoms with Gasteiger partial charge in [0.2, 0.25) is 5.91 Å². The summed E-state index contributed by atoms with van der Waals surface area (Å²) in [6.07, 6.45) is 2.01. The number of H-pyrrole nitrogens is 1. The third kappa shape index (κ3) is 11.6. The topological polar surface area (TPSA) is 160 Å². The molecule has 0 spiro atoms. The number of piperidine rings is 1. The van der Waals surface area contributed by atoms with Crippen LogP contribution in [0.15, 0.2) is 60.8 Å². The number of rotatable bonds is 10. The lowest BCUT2D eigenvalue weighted by Crippen LogP contribution is -2.45. The lowest BCUT2D eigenvalue weighted by atomic mass is 10.0. The Balaban J connectivity index is 0.000000804. The molecule has 2 aromatic carbocycles. The Bertz CT molecular complexity index is 1590. The number of benzene rings is 2. The molecule has 4 rings (SSSR count). The minimum Gasteiger partial charge on any atom is -0.475 e. The predicted octanol–water partition coefficient (Wildman–Crippen LogP) is 5.45. The normalized spacial score (nSPS) is 13.5. The zero-order chi connectivity index (χ0) is 35.4. The first-order valence-electron chi connectivity index (χ1n) is 14.5. The van der Waals surface area contributed by atoms with Crippen LogP contribution in [0, 0.1) is 0 Å². The molecule has 0 saturated carbocycles. The smallest absolute Gasteiger partial charge is 0.475 e. The fraction of sp³-hybridized carbons (Fsp3) is 0.323. The van der Waals surface area contributed by atoms with Gasteiger partial charge in [0, 0.05) is 37.1 Å². The van der Waals surface area contributed by atoms with E-state index in [1.54, 1.807) is 24.3 Å². The minimum atomic E-state index is -5.08. The molecule has 3 amide bonds. The Labute approximate surface area is 284 Å². The summed E-state index contributed by atoms with van der Waals surface area (Å²) >= 11 is 12.3. The molecule has 258 valence electrons. The first-order chi connectivity index (χ1) is 22.6. The van der Waals surface area contributed by atoms with Crippen molar-refractivity contribution in [3.63, 3.8) is 0 Å². The number of carbonyl (C=O) groups is 4. The van der Waals surface area contributed by atoms with Gasteiger partial charge in [-0.3, -0.25) is 19.5 Å². The number of aromatic amines is 1. The summed E-state index contributed by atoms with van der Waals surface area (Å²) in [4.78, 5) is 51.1. The number of carboxylic acids is 1. The molecule has 5 N–H and O–H groups in total. The zero-order valence-electron chi connectivity index (χ0n) is 25.9. The summed E-state index contributed by atoms with van der Waals surface area (Å²) < 4.78 is 31.7. The second-order valence-corrected chi connectivity index (χ2v) is 11.6. The summed E-state index contributed by atoms with van der Waals surface area (Å²) in [5, 5.41) is 22.7. The molecular formula is C31H34Cl2F3N7O5. The van der Waals surface area contributed by atoms with Crippen molar-refractivity contribution in [2.75, 3.05) is 49.3 Å². The molecule has 48 heavy (non-hydrogen) atoms. The Hall–Kier alpha value is -4.60. The second-order valence-electron chi connectivity index (χ2n) is 10.8. The lowest BCUT2D eigenvalue weighted by molar-refractivity contribution is -0.192. The van der Waals surface area contributed by atoms with E-state index >= 15 is 0 Å². The van der Waals surface area contributed by atoms with Crippen molar-refractivity contribution in [3.05, 3.63) is 82.1 Å². The Morgan fingerprint density at radius 1 is 1.02 bits per heavy atom. The third-order valence-electron chi connectivity index (χ3n) is 6.89. The number of aliphatic carboxylic acids is 1. The molecule has 1 saturated heterocycles. The molecule has 1 aromatic heterocycles. The van der Waals surface area contributed by atoms with Gasteiger partial charge in [-0.1, -0.05) is 35.3 Å². The number of alkyl halides is 3. The van der Waals surface area contributed by atoms with Crippen LogP contribution in [0.5, 0.6) is 0 Å². The second kappa shape index (κ2) is 17.5. The van der Waals surface area contributed by atoms with Crippen molar-refractivity contribution in [3.8, 4) is 0 Å². The van der Waals surface area contributed by atoms with E-state index in [-0.39, 0.29) is 44.8 Å². The van der Waals surface area contributed by atoms with Crippen LogP contribution in [0.1, 0.15) is 40.1 Å². The van der Waals surface area contributed by atoms with Gasteiger partial charge in [0.05, 0.1) is 27.5 Å². The van der Waals surface area contributed by atoms with Gasteiger partial charge in [-0.25, -0.2) is 4.79 Å². The van der Waals surface area contributed by atoms with Crippen molar-refractivity contribution in [1.82, 2.24) is 20.4 Å². The predicted molar refractivity (Wildman–Crippen MR) is 177 cm³/mol. The first-order valence-corrected chi connectivity index (χ1v) is 15.3. The van der Waals surface area contributed by atoms with E-state index in [1.807, 2.05) is 44.4 Å². The number of carboxylic acid groups (broad SMARTS) is 1. The highest BCUT2D eigenvalue weighted by molar-refractivity contribution is 6.40. The van der Waals surface area contributed by atoms with E-state index in [1.165, 1.54) is 6.20 Å². The van der Waals surface area contributed by atoms with Crippen LogP contribution in [0.4, 0.5) is 30.2 Å². The molecule has 2 heterocycles. The molecule has 1 aliphatic heterocycles. The average Bonchev–Trinajstić information content (AvgIpc) is 3.48. The Kier molecular flexibility index (Phi) is 13.8. The Morgan fingerprint density at radius 2 is 1.62 bits per heavy atom. The molecule has 3 aromatic rings. The van der Waals surface area contributed by atoms with Gasteiger partial charge in [0.1, 0.15) is 5.69 Å². The molecule has 1 fully saturated rings. The van der Waals surface area contributed by atoms with Gasteiger partial charge in [0.15, 0.2) is 0 Å². The van der Waals surface area contributed by atoms with Gasteiger partial charge >= 0.3 is 12.1 Å². The van der Waals surface area contributed by atoms with Gasteiger partial charge in [-0.15, -0.1) is 0 Å². The summed E-state index contributed by atoms with van der Waals surface area (Å²) in [6.45, 7) is 2.40. The van der Waals surface area contributed by atoms with Gasteiger partial charge in [0.25, 0.3) is 11.8 Å². The zero-order valence-corrected chi connectivity index (χ0v) is 27.4. The SMILES string of the molecule is CN(C)CC/C=C/C(=O)Nc1ccc(N2CCC(NC(=O)c3[nH]ncc3NC(=O)c3c(Cl)cccc3Cl)CC2)cc1.O=C(O)C(F)(F)F. The van der Waals surface area contributed by atoms with Crippen LogP contribution in [-0.4, -0.2) is 89.8 Å². The number of amides is 3. The lowest BCUT2D eigenvalue weighted by Gasteiger charge is -2.34. The van der Waals surface area contributed by atoms with Crippen LogP contribution < -0.4 is 20.9 Å². The van der Waals surface area contributed by atoms with Crippen LogP contribution in [0.2, 0.25) is 10.0 Å².